The average Bonchev–Trinajstić information content (AvgIpc) is 2.77. The summed E-state index contributed by atoms with van der Waals surface area (Å²) >= 11 is 0. The predicted molar refractivity (Wildman–Crippen MR) is 56.6 cm³/mol. The quantitative estimate of drug-likeness (QED) is 0.617. The molecule has 6 unspecified atom stereocenters. The van der Waals surface area contributed by atoms with Crippen molar-refractivity contribution in [3.8, 4) is 0 Å². The molecule has 0 amide bonds. The van der Waals surface area contributed by atoms with Gasteiger partial charge in [0.25, 0.3) is 0 Å². The number of rotatable bonds is 1. The Morgan fingerprint density at radius 2 is 1.67 bits per heavy atom. The lowest BCUT2D eigenvalue weighted by atomic mass is 9.77. The Morgan fingerprint density at radius 3 is 2.33 bits per heavy atom. The highest BCUT2D eigenvalue weighted by atomic mass is 16.6. The maximum atomic E-state index is 6.03. The number of epoxide rings is 1. The van der Waals surface area contributed by atoms with E-state index in [1.807, 2.05) is 0 Å². The maximum absolute atomic E-state index is 6.03. The average molecular weight is 208 g/mol. The van der Waals surface area contributed by atoms with Crippen LogP contribution in [0.25, 0.3) is 0 Å². The first kappa shape index (κ1) is 9.00. The lowest BCUT2D eigenvalue weighted by Crippen LogP contribution is -2.33. The zero-order valence-corrected chi connectivity index (χ0v) is 9.39. The van der Waals surface area contributed by atoms with Crippen molar-refractivity contribution in [1.29, 1.82) is 0 Å². The molecule has 2 aliphatic carbocycles. The van der Waals surface area contributed by atoms with Gasteiger partial charge in [-0.05, 0) is 56.8 Å². The highest BCUT2D eigenvalue weighted by Crippen LogP contribution is 2.52. The van der Waals surface area contributed by atoms with Crippen LogP contribution in [-0.2, 0) is 9.47 Å². The standard InChI is InChI=1S/C13H20O2/c1-7-9-4-10(12(6-9)14-7)8-2-3-11-13(5-8)15-11/h7-13H,2-6H2,1H3/t7?,8?,9?,10?,11?,12-,13?/m0/s1. The van der Waals surface area contributed by atoms with Crippen molar-refractivity contribution in [1.82, 2.24) is 0 Å². The Balaban J connectivity index is 1.46. The zero-order chi connectivity index (χ0) is 9.99. The largest absolute Gasteiger partial charge is 0.375 e. The van der Waals surface area contributed by atoms with E-state index >= 15 is 0 Å². The molecule has 7 atom stereocenters. The van der Waals surface area contributed by atoms with Crippen molar-refractivity contribution in [2.24, 2.45) is 17.8 Å². The zero-order valence-electron chi connectivity index (χ0n) is 9.39. The van der Waals surface area contributed by atoms with Crippen molar-refractivity contribution < 1.29 is 9.47 Å². The van der Waals surface area contributed by atoms with Crippen LogP contribution in [0.4, 0.5) is 0 Å². The molecule has 2 saturated heterocycles. The van der Waals surface area contributed by atoms with Crippen molar-refractivity contribution in [3.63, 3.8) is 0 Å². The third kappa shape index (κ3) is 1.31. The summed E-state index contributed by atoms with van der Waals surface area (Å²) in [5, 5.41) is 0. The van der Waals surface area contributed by atoms with E-state index in [1.165, 1.54) is 32.1 Å². The fraction of sp³-hybridized carbons (Fsp3) is 1.00. The van der Waals surface area contributed by atoms with Gasteiger partial charge in [0.1, 0.15) is 0 Å². The molecule has 2 nitrogen and oxygen atoms in total. The molecule has 2 saturated carbocycles. The van der Waals surface area contributed by atoms with E-state index in [0.717, 1.165) is 17.8 Å². The van der Waals surface area contributed by atoms with Gasteiger partial charge in [0, 0.05) is 0 Å². The van der Waals surface area contributed by atoms with E-state index in [0.29, 0.717) is 24.4 Å². The maximum Gasteiger partial charge on any atom is 0.0844 e. The van der Waals surface area contributed by atoms with Crippen molar-refractivity contribution >= 4 is 0 Å². The summed E-state index contributed by atoms with van der Waals surface area (Å²) in [5.41, 5.74) is 0. The van der Waals surface area contributed by atoms with Crippen LogP contribution < -0.4 is 0 Å². The van der Waals surface area contributed by atoms with Gasteiger partial charge in [0.05, 0.1) is 24.4 Å². The molecule has 0 spiro atoms. The van der Waals surface area contributed by atoms with Crippen LogP contribution >= 0.6 is 0 Å². The first-order valence-corrected chi connectivity index (χ1v) is 6.62. The Hall–Kier alpha value is -0.0800. The van der Waals surface area contributed by atoms with Crippen molar-refractivity contribution in [2.75, 3.05) is 0 Å². The molecule has 2 heteroatoms. The molecule has 2 heterocycles. The van der Waals surface area contributed by atoms with Crippen molar-refractivity contribution in [2.45, 2.75) is 63.4 Å². The Labute approximate surface area is 91.3 Å². The first-order valence-electron chi connectivity index (χ1n) is 6.62. The van der Waals surface area contributed by atoms with Crippen LogP contribution in [0.15, 0.2) is 0 Å². The fourth-order valence-corrected chi connectivity index (χ4v) is 4.32. The second kappa shape index (κ2) is 2.98. The molecule has 4 rings (SSSR count). The van der Waals surface area contributed by atoms with E-state index in [9.17, 15) is 0 Å². The molecule has 2 bridgehead atoms. The third-order valence-corrected chi connectivity index (χ3v) is 5.29. The summed E-state index contributed by atoms with van der Waals surface area (Å²) in [6.07, 6.45) is 9.26. The first-order chi connectivity index (χ1) is 7.31. The van der Waals surface area contributed by atoms with Crippen LogP contribution in [-0.4, -0.2) is 24.4 Å². The van der Waals surface area contributed by atoms with Gasteiger partial charge in [0.2, 0.25) is 0 Å². The van der Waals surface area contributed by atoms with Crippen LogP contribution in [0.5, 0.6) is 0 Å². The van der Waals surface area contributed by atoms with Gasteiger partial charge in [-0.1, -0.05) is 0 Å². The van der Waals surface area contributed by atoms with Crippen LogP contribution in [0.2, 0.25) is 0 Å². The highest BCUT2D eigenvalue weighted by molar-refractivity contribution is 5.00. The van der Waals surface area contributed by atoms with Gasteiger partial charge in [0.15, 0.2) is 0 Å². The van der Waals surface area contributed by atoms with Crippen LogP contribution in [0.1, 0.15) is 39.0 Å². The number of hydrogen-bond donors (Lipinski definition) is 0. The molecule has 2 aliphatic heterocycles. The molecule has 15 heavy (non-hydrogen) atoms. The molecule has 0 radical (unpaired) electrons. The molecule has 0 aromatic rings. The Kier molecular flexibility index (Phi) is 1.79. The second-order valence-corrected chi connectivity index (χ2v) is 6.06. The van der Waals surface area contributed by atoms with Gasteiger partial charge in [-0.25, -0.2) is 0 Å². The molecular formula is C13H20O2. The van der Waals surface area contributed by atoms with E-state index in [-0.39, 0.29) is 0 Å². The second-order valence-electron chi connectivity index (χ2n) is 6.06. The normalized spacial score (nSPS) is 61.8. The van der Waals surface area contributed by atoms with Gasteiger partial charge in [-0.2, -0.15) is 0 Å². The van der Waals surface area contributed by atoms with Crippen LogP contribution in [0.3, 0.4) is 0 Å². The molecule has 0 aromatic heterocycles. The van der Waals surface area contributed by atoms with Gasteiger partial charge in [-0.3, -0.25) is 0 Å². The number of ether oxygens (including phenoxy) is 2. The molecular weight excluding hydrogens is 188 g/mol. The summed E-state index contributed by atoms with van der Waals surface area (Å²) in [7, 11) is 0. The summed E-state index contributed by atoms with van der Waals surface area (Å²) in [4.78, 5) is 0. The molecule has 4 fully saturated rings. The van der Waals surface area contributed by atoms with Gasteiger partial charge < -0.3 is 9.47 Å². The molecule has 0 N–H and O–H groups in total. The Bertz CT molecular complexity index is 276. The van der Waals surface area contributed by atoms with Gasteiger partial charge in [-0.15, -0.1) is 0 Å². The fourth-order valence-electron chi connectivity index (χ4n) is 4.32. The molecule has 84 valence electrons. The molecule has 0 aromatic carbocycles. The topological polar surface area (TPSA) is 21.8 Å². The van der Waals surface area contributed by atoms with E-state index in [2.05, 4.69) is 6.92 Å². The van der Waals surface area contributed by atoms with E-state index in [1.54, 1.807) is 0 Å². The van der Waals surface area contributed by atoms with Crippen molar-refractivity contribution in [3.05, 3.63) is 0 Å². The SMILES string of the molecule is CC1O[C@H]2CC1CC2C1CCC2OC2C1. The lowest BCUT2D eigenvalue weighted by Gasteiger charge is -2.33. The predicted octanol–water partition coefficient (Wildman–Crippen LogP) is 2.37. The van der Waals surface area contributed by atoms with Crippen LogP contribution in [0, 0.1) is 17.8 Å². The summed E-state index contributed by atoms with van der Waals surface area (Å²) < 4.78 is 11.7. The van der Waals surface area contributed by atoms with Gasteiger partial charge >= 0.3 is 0 Å². The van der Waals surface area contributed by atoms with E-state index < -0.39 is 0 Å². The minimum atomic E-state index is 0.541. The van der Waals surface area contributed by atoms with E-state index in [4.69, 9.17) is 9.47 Å². The summed E-state index contributed by atoms with van der Waals surface area (Å²) in [6.45, 7) is 2.25. The summed E-state index contributed by atoms with van der Waals surface area (Å²) in [5.74, 6) is 2.66. The Morgan fingerprint density at radius 1 is 0.800 bits per heavy atom. The minimum Gasteiger partial charge on any atom is -0.375 e. The minimum absolute atomic E-state index is 0.541. The lowest BCUT2D eigenvalue weighted by molar-refractivity contribution is -0.0408. The summed E-state index contributed by atoms with van der Waals surface area (Å²) in [6, 6.07) is 0. The highest BCUT2D eigenvalue weighted by Gasteiger charge is 2.52. The number of fused-ring (bicyclic) bond motifs is 3. The molecule has 4 aliphatic rings. The third-order valence-electron chi connectivity index (χ3n) is 5.29. The number of hydrogen-bond acceptors (Lipinski definition) is 2. The smallest absolute Gasteiger partial charge is 0.0844 e. The monoisotopic (exact) mass is 208 g/mol.